The first-order valence-electron chi connectivity index (χ1n) is 6.88. The van der Waals surface area contributed by atoms with Gasteiger partial charge in [-0.05, 0) is 13.8 Å². The first-order valence-corrected chi connectivity index (χ1v) is 6.88. The Morgan fingerprint density at radius 3 is 2.00 bits per heavy atom. The van der Waals surface area contributed by atoms with E-state index in [4.69, 9.17) is 4.74 Å². The van der Waals surface area contributed by atoms with E-state index in [2.05, 4.69) is 9.47 Å². The second-order valence-electron chi connectivity index (χ2n) is 5.25. The summed E-state index contributed by atoms with van der Waals surface area (Å²) in [7, 11) is 2.27. The van der Waals surface area contributed by atoms with Gasteiger partial charge in [0.05, 0.1) is 20.3 Å². The number of carbonyl (C=O) groups excluding carboxylic acids is 4. The molecule has 1 aliphatic rings. The molecule has 0 saturated carbocycles. The molecule has 0 aromatic carbocycles. The largest absolute Gasteiger partial charge is 0.468 e. The van der Waals surface area contributed by atoms with Crippen molar-refractivity contribution in [2.75, 3.05) is 14.2 Å². The van der Waals surface area contributed by atoms with Crippen LogP contribution in [0.1, 0.15) is 27.2 Å². The van der Waals surface area contributed by atoms with Gasteiger partial charge in [-0.2, -0.15) is 0 Å². The van der Waals surface area contributed by atoms with E-state index in [1.165, 1.54) is 6.92 Å². The van der Waals surface area contributed by atoms with Gasteiger partial charge in [0, 0.05) is 19.3 Å². The monoisotopic (exact) mass is 315 g/mol. The second kappa shape index (κ2) is 7.35. The van der Waals surface area contributed by atoms with Crippen LogP contribution in [0.4, 0.5) is 0 Å². The molecule has 0 unspecified atom stereocenters. The fraction of sp³-hybridized carbons (Fsp3) is 0.714. The van der Waals surface area contributed by atoms with Crippen LogP contribution in [0.5, 0.6) is 0 Å². The third-order valence-corrected chi connectivity index (χ3v) is 3.39. The van der Waals surface area contributed by atoms with E-state index < -0.39 is 41.8 Å². The zero-order valence-corrected chi connectivity index (χ0v) is 13.3. The van der Waals surface area contributed by atoms with E-state index in [-0.39, 0.29) is 12.5 Å². The van der Waals surface area contributed by atoms with Gasteiger partial charge in [-0.15, -0.1) is 0 Å². The lowest BCUT2D eigenvalue weighted by Crippen LogP contribution is -2.46. The van der Waals surface area contributed by atoms with Gasteiger partial charge in [-0.3, -0.25) is 24.1 Å². The van der Waals surface area contributed by atoms with Crippen molar-refractivity contribution in [1.82, 2.24) is 4.90 Å². The highest BCUT2D eigenvalue weighted by molar-refractivity contribution is 6.00. The molecule has 124 valence electrons. The van der Waals surface area contributed by atoms with Crippen LogP contribution in [0.2, 0.25) is 0 Å². The van der Waals surface area contributed by atoms with E-state index >= 15 is 0 Å². The van der Waals surface area contributed by atoms with Crippen LogP contribution in [0.15, 0.2) is 0 Å². The number of hydrogen-bond donors (Lipinski definition) is 0. The predicted molar refractivity (Wildman–Crippen MR) is 73.2 cm³/mol. The molecule has 1 heterocycles. The molecule has 0 aliphatic carbocycles. The molecule has 1 saturated heterocycles. The number of esters is 2. The Labute approximate surface area is 128 Å². The molecule has 1 rings (SSSR count). The molecule has 8 heteroatoms. The molecule has 0 bridgehead atoms. The summed E-state index contributed by atoms with van der Waals surface area (Å²) in [5.74, 6) is -4.84. The van der Waals surface area contributed by atoms with Crippen LogP contribution in [0, 0.1) is 11.8 Å². The highest BCUT2D eigenvalue weighted by Gasteiger charge is 2.52. The molecule has 0 radical (unpaired) electrons. The molecule has 0 N–H and O–H groups in total. The molecule has 1 fully saturated rings. The van der Waals surface area contributed by atoms with Crippen molar-refractivity contribution >= 4 is 23.8 Å². The second-order valence-corrected chi connectivity index (χ2v) is 5.25. The molecule has 0 aromatic rings. The summed E-state index contributed by atoms with van der Waals surface area (Å²) < 4.78 is 14.9. The lowest BCUT2D eigenvalue weighted by atomic mass is 9.90. The third kappa shape index (κ3) is 3.62. The Bertz CT molecular complexity index is 458. The quantitative estimate of drug-likeness (QED) is 0.524. The molecule has 0 aromatic heterocycles. The molecule has 0 spiro atoms. The van der Waals surface area contributed by atoms with Gasteiger partial charge in [-0.25, -0.2) is 0 Å². The van der Waals surface area contributed by atoms with E-state index in [9.17, 15) is 19.2 Å². The Morgan fingerprint density at radius 1 is 1.14 bits per heavy atom. The third-order valence-electron chi connectivity index (χ3n) is 3.39. The number of imide groups is 1. The van der Waals surface area contributed by atoms with Crippen molar-refractivity contribution in [3.63, 3.8) is 0 Å². The van der Waals surface area contributed by atoms with Crippen LogP contribution in [0.25, 0.3) is 0 Å². The van der Waals surface area contributed by atoms with Crippen LogP contribution in [0.3, 0.4) is 0 Å². The van der Waals surface area contributed by atoms with Crippen LogP contribution in [-0.2, 0) is 33.4 Å². The highest BCUT2D eigenvalue weighted by atomic mass is 16.5. The van der Waals surface area contributed by atoms with Gasteiger partial charge in [-0.1, -0.05) is 0 Å². The molecule has 8 nitrogen and oxygen atoms in total. The number of methoxy groups -OCH3 is 2. The summed E-state index contributed by atoms with van der Waals surface area (Å²) in [5, 5.41) is 0. The normalized spacial score (nSPS) is 21.4. The molecule has 1 aliphatic heterocycles. The minimum Gasteiger partial charge on any atom is -0.468 e. The van der Waals surface area contributed by atoms with Gasteiger partial charge >= 0.3 is 11.9 Å². The van der Waals surface area contributed by atoms with Crippen LogP contribution in [-0.4, -0.2) is 55.2 Å². The SMILES string of the molecule is COC(=O)C(C(=O)OC)[C@H]1CC(=O)N(C(C)=O)[C@@H]1OC(C)C. The summed E-state index contributed by atoms with van der Waals surface area (Å²) in [6.07, 6.45) is -1.49. The fourth-order valence-corrected chi connectivity index (χ4v) is 2.51. The minimum atomic E-state index is -1.33. The maximum absolute atomic E-state index is 12.1. The molecule has 2 atom stereocenters. The molecular formula is C14H21NO7. The molecule has 22 heavy (non-hydrogen) atoms. The van der Waals surface area contributed by atoms with Crippen LogP contribution < -0.4 is 0 Å². The summed E-state index contributed by atoms with van der Waals surface area (Å²) in [6.45, 7) is 4.68. The maximum Gasteiger partial charge on any atom is 0.320 e. The van der Waals surface area contributed by atoms with Gasteiger partial charge in [0.15, 0.2) is 5.92 Å². The Kier molecular flexibility index (Phi) is 6.04. The number of nitrogens with zero attached hydrogens (tertiary/aromatic N) is 1. The summed E-state index contributed by atoms with van der Waals surface area (Å²) in [4.78, 5) is 48.5. The maximum atomic E-state index is 12.1. The van der Waals surface area contributed by atoms with Crippen molar-refractivity contribution in [3.05, 3.63) is 0 Å². The van der Waals surface area contributed by atoms with E-state index in [0.717, 1.165) is 19.1 Å². The Morgan fingerprint density at radius 2 is 1.64 bits per heavy atom. The van der Waals surface area contributed by atoms with E-state index in [1.54, 1.807) is 13.8 Å². The minimum absolute atomic E-state index is 0.175. The summed E-state index contributed by atoms with van der Waals surface area (Å²) in [5.41, 5.74) is 0. The topological polar surface area (TPSA) is 99.2 Å². The van der Waals surface area contributed by atoms with Crippen molar-refractivity contribution in [1.29, 1.82) is 0 Å². The zero-order chi connectivity index (χ0) is 17.0. The van der Waals surface area contributed by atoms with Crippen molar-refractivity contribution in [2.45, 2.75) is 39.5 Å². The Hall–Kier alpha value is -1.96. The highest BCUT2D eigenvalue weighted by Crippen LogP contribution is 2.34. The summed E-state index contributed by atoms with van der Waals surface area (Å²) in [6, 6.07) is 0. The van der Waals surface area contributed by atoms with Crippen molar-refractivity contribution in [3.8, 4) is 0 Å². The summed E-state index contributed by atoms with van der Waals surface area (Å²) >= 11 is 0. The first kappa shape index (κ1) is 18.1. The standard InChI is InChI=1S/C14H21NO7/c1-7(2)22-12-9(6-10(17)15(12)8(3)16)11(13(18)20-4)14(19)21-5/h7,9,11-12H,6H2,1-5H3/t9-,12-/m1/s1. The number of hydrogen-bond acceptors (Lipinski definition) is 7. The lowest BCUT2D eigenvalue weighted by Gasteiger charge is -2.30. The number of likely N-dealkylation sites (tertiary alicyclic amines) is 1. The smallest absolute Gasteiger partial charge is 0.320 e. The van der Waals surface area contributed by atoms with Crippen LogP contribution >= 0.6 is 0 Å². The van der Waals surface area contributed by atoms with Crippen molar-refractivity contribution in [2.24, 2.45) is 11.8 Å². The number of ether oxygens (including phenoxy) is 3. The number of amides is 2. The average molecular weight is 315 g/mol. The fourth-order valence-electron chi connectivity index (χ4n) is 2.51. The van der Waals surface area contributed by atoms with Gasteiger partial charge in [0.2, 0.25) is 11.8 Å². The zero-order valence-electron chi connectivity index (χ0n) is 13.3. The van der Waals surface area contributed by atoms with Gasteiger partial charge in [0.25, 0.3) is 0 Å². The Balaban J connectivity index is 3.21. The van der Waals surface area contributed by atoms with Gasteiger partial charge in [0.1, 0.15) is 6.23 Å². The number of carbonyl (C=O) groups is 4. The lowest BCUT2D eigenvalue weighted by molar-refractivity contribution is -0.173. The first-order chi connectivity index (χ1) is 10.2. The number of rotatable bonds is 5. The predicted octanol–water partition coefficient (Wildman–Crippen LogP) is 0.0947. The molecule has 2 amide bonds. The van der Waals surface area contributed by atoms with Gasteiger partial charge < -0.3 is 14.2 Å². The van der Waals surface area contributed by atoms with E-state index in [0.29, 0.717) is 0 Å². The van der Waals surface area contributed by atoms with Crippen molar-refractivity contribution < 1.29 is 33.4 Å². The molecular weight excluding hydrogens is 294 g/mol. The van der Waals surface area contributed by atoms with E-state index in [1.807, 2.05) is 0 Å². The average Bonchev–Trinajstić information content (AvgIpc) is 2.74.